The molecular weight excluding hydrogens is 388 g/mol. The van der Waals surface area contributed by atoms with E-state index in [0.717, 1.165) is 27.6 Å². The van der Waals surface area contributed by atoms with Gasteiger partial charge in [-0.2, -0.15) is 5.26 Å². The summed E-state index contributed by atoms with van der Waals surface area (Å²) < 4.78 is 0. The number of carbonyl (C=O) groups is 1. The summed E-state index contributed by atoms with van der Waals surface area (Å²) in [6, 6.07) is 22.5. The van der Waals surface area contributed by atoms with Gasteiger partial charge >= 0.3 is 6.03 Å². The number of anilines is 1. The summed E-state index contributed by atoms with van der Waals surface area (Å²) in [5.41, 5.74) is 5.13. The number of nitrogens with one attached hydrogen (secondary N) is 2. The first-order chi connectivity index (χ1) is 15.1. The SMILES string of the molecule is N#Cc1ccc2c(c1)CN(C(=O)Nc1ccc(-c3c[nH]c(=O)c4ccccc34)cc1)C2. The number of hydrogen-bond acceptors (Lipinski definition) is 3. The number of fused-ring (bicyclic) bond motifs is 2. The van der Waals surface area contributed by atoms with E-state index in [4.69, 9.17) is 5.26 Å². The number of amides is 2. The molecule has 0 atom stereocenters. The third kappa shape index (κ3) is 3.43. The molecule has 0 saturated carbocycles. The molecule has 6 nitrogen and oxygen atoms in total. The first-order valence-electron chi connectivity index (χ1n) is 9.91. The molecule has 0 saturated heterocycles. The molecule has 1 aliphatic rings. The number of urea groups is 1. The lowest BCUT2D eigenvalue weighted by Crippen LogP contribution is -2.30. The van der Waals surface area contributed by atoms with Gasteiger partial charge in [-0.1, -0.05) is 36.4 Å². The van der Waals surface area contributed by atoms with E-state index in [1.807, 2.05) is 54.6 Å². The van der Waals surface area contributed by atoms with E-state index < -0.39 is 0 Å². The Bertz CT molecular complexity index is 1410. The van der Waals surface area contributed by atoms with Crippen LogP contribution in [0.2, 0.25) is 0 Å². The van der Waals surface area contributed by atoms with Crippen molar-refractivity contribution in [1.82, 2.24) is 9.88 Å². The molecule has 2 amide bonds. The minimum absolute atomic E-state index is 0.114. The van der Waals surface area contributed by atoms with Gasteiger partial charge in [0.1, 0.15) is 0 Å². The second kappa shape index (κ2) is 7.47. The second-order valence-corrected chi connectivity index (χ2v) is 7.54. The summed E-state index contributed by atoms with van der Waals surface area (Å²) in [4.78, 5) is 29.3. The molecule has 0 unspecified atom stereocenters. The topological polar surface area (TPSA) is 89.0 Å². The maximum atomic E-state index is 12.7. The zero-order valence-corrected chi connectivity index (χ0v) is 16.6. The molecule has 6 heteroatoms. The molecule has 0 bridgehead atoms. The number of aromatic amines is 1. The van der Waals surface area contributed by atoms with Crippen LogP contribution in [0.25, 0.3) is 21.9 Å². The summed E-state index contributed by atoms with van der Waals surface area (Å²) in [6.45, 7) is 1.01. The molecule has 0 spiro atoms. The number of hydrogen-bond donors (Lipinski definition) is 2. The Morgan fingerprint density at radius 1 is 0.968 bits per heavy atom. The van der Waals surface area contributed by atoms with Crippen LogP contribution in [0.1, 0.15) is 16.7 Å². The predicted octanol–water partition coefficient (Wildman–Crippen LogP) is 4.61. The number of rotatable bonds is 2. The lowest BCUT2D eigenvalue weighted by Gasteiger charge is -2.16. The first-order valence-corrected chi connectivity index (χ1v) is 9.91. The van der Waals surface area contributed by atoms with Gasteiger partial charge < -0.3 is 15.2 Å². The van der Waals surface area contributed by atoms with Crippen molar-refractivity contribution in [1.29, 1.82) is 5.26 Å². The fourth-order valence-electron chi connectivity index (χ4n) is 3.99. The average Bonchev–Trinajstić information content (AvgIpc) is 3.24. The van der Waals surface area contributed by atoms with Crippen LogP contribution in [0.15, 0.2) is 77.7 Å². The Labute approximate surface area is 178 Å². The van der Waals surface area contributed by atoms with Crippen LogP contribution in [-0.2, 0) is 13.1 Å². The molecule has 31 heavy (non-hydrogen) atoms. The average molecular weight is 406 g/mol. The Morgan fingerprint density at radius 3 is 2.48 bits per heavy atom. The van der Waals surface area contributed by atoms with Gasteiger partial charge in [0.15, 0.2) is 0 Å². The molecule has 3 aromatic carbocycles. The maximum absolute atomic E-state index is 12.7. The Morgan fingerprint density at radius 2 is 1.71 bits per heavy atom. The summed E-state index contributed by atoms with van der Waals surface area (Å²) in [6.07, 6.45) is 1.72. The van der Waals surface area contributed by atoms with Gasteiger partial charge in [0.2, 0.25) is 0 Å². The van der Waals surface area contributed by atoms with Crippen LogP contribution in [0.5, 0.6) is 0 Å². The summed E-state index contributed by atoms with van der Waals surface area (Å²) in [5.74, 6) is 0. The van der Waals surface area contributed by atoms with Gasteiger partial charge in [0, 0.05) is 35.9 Å². The van der Waals surface area contributed by atoms with Gasteiger partial charge in [-0.05, 0) is 52.4 Å². The smallest absolute Gasteiger partial charge is 0.322 e. The van der Waals surface area contributed by atoms with Crippen LogP contribution in [-0.4, -0.2) is 15.9 Å². The highest BCUT2D eigenvalue weighted by Crippen LogP contribution is 2.28. The number of H-pyrrole nitrogens is 1. The number of pyridine rings is 1. The standard InChI is InChI=1S/C25H18N4O2/c26-12-16-5-6-18-14-29(15-19(18)11-16)25(31)28-20-9-7-17(8-10-20)23-13-27-24(30)22-4-2-1-3-21(22)23/h1-11,13H,14-15H2,(H,27,30)(H,28,31). The highest BCUT2D eigenvalue weighted by Gasteiger charge is 2.23. The number of nitriles is 1. The Hall–Kier alpha value is -4.37. The van der Waals surface area contributed by atoms with E-state index in [-0.39, 0.29) is 11.6 Å². The maximum Gasteiger partial charge on any atom is 0.322 e. The van der Waals surface area contributed by atoms with Crippen molar-refractivity contribution >= 4 is 22.5 Å². The van der Waals surface area contributed by atoms with Gasteiger partial charge in [-0.3, -0.25) is 4.79 Å². The Balaban J connectivity index is 1.34. The number of aromatic nitrogens is 1. The van der Waals surface area contributed by atoms with Crippen LogP contribution >= 0.6 is 0 Å². The van der Waals surface area contributed by atoms with E-state index in [0.29, 0.717) is 29.7 Å². The summed E-state index contributed by atoms with van der Waals surface area (Å²) >= 11 is 0. The zero-order chi connectivity index (χ0) is 21.4. The van der Waals surface area contributed by atoms with E-state index >= 15 is 0 Å². The van der Waals surface area contributed by atoms with Crippen molar-refractivity contribution in [3.8, 4) is 17.2 Å². The molecule has 1 aromatic heterocycles. The van der Waals surface area contributed by atoms with Crippen molar-refractivity contribution in [3.05, 3.63) is 100.0 Å². The van der Waals surface area contributed by atoms with Crippen LogP contribution in [0.3, 0.4) is 0 Å². The normalized spacial score (nSPS) is 12.4. The summed E-state index contributed by atoms with van der Waals surface area (Å²) in [7, 11) is 0. The zero-order valence-electron chi connectivity index (χ0n) is 16.6. The molecule has 1 aliphatic heterocycles. The van der Waals surface area contributed by atoms with Gasteiger partial charge in [0.05, 0.1) is 11.6 Å². The van der Waals surface area contributed by atoms with Gasteiger partial charge in [-0.25, -0.2) is 4.79 Å². The fraction of sp³-hybridized carbons (Fsp3) is 0.0800. The number of nitrogens with zero attached hydrogens (tertiary/aromatic N) is 2. The second-order valence-electron chi connectivity index (χ2n) is 7.54. The Kier molecular flexibility index (Phi) is 4.49. The van der Waals surface area contributed by atoms with Crippen LogP contribution in [0.4, 0.5) is 10.5 Å². The molecular formula is C25H18N4O2. The predicted molar refractivity (Wildman–Crippen MR) is 119 cm³/mol. The van der Waals surface area contributed by atoms with E-state index in [9.17, 15) is 9.59 Å². The minimum Gasteiger partial charge on any atom is -0.328 e. The lowest BCUT2D eigenvalue weighted by molar-refractivity contribution is 0.212. The first kappa shape index (κ1) is 18.6. The molecule has 150 valence electrons. The monoisotopic (exact) mass is 406 g/mol. The molecule has 5 rings (SSSR count). The molecule has 2 heterocycles. The molecule has 0 radical (unpaired) electrons. The molecule has 0 aliphatic carbocycles. The minimum atomic E-state index is -0.183. The van der Waals surface area contributed by atoms with Gasteiger partial charge in [0.25, 0.3) is 5.56 Å². The lowest BCUT2D eigenvalue weighted by atomic mass is 10.0. The van der Waals surface area contributed by atoms with Crippen molar-refractivity contribution in [2.75, 3.05) is 5.32 Å². The number of benzene rings is 3. The quantitative estimate of drug-likeness (QED) is 0.509. The highest BCUT2D eigenvalue weighted by molar-refractivity contribution is 5.96. The van der Waals surface area contributed by atoms with Gasteiger partial charge in [-0.15, -0.1) is 0 Å². The van der Waals surface area contributed by atoms with E-state index in [1.165, 1.54) is 0 Å². The van der Waals surface area contributed by atoms with Crippen molar-refractivity contribution in [2.24, 2.45) is 0 Å². The largest absolute Gasteiger partial charge is 0.328 e. The fourth-order valence-corrected chi connectivity index (χ4v) is 3.99. The van der Waals surface area contributed by atoms with Crippen LogP contribution < -0.4 is 10.9 Å². The number of carbonyl (C=O) groups excluding carboxylic acids is 1. The molecule has 2 N–H and O–H groups in total. The van der Waals surface area contributed by atoms with Crippen molar-refractivity contribution in [3.63, 3.8) is 0 Å². The summed E-state index contributed by atoms with van der Waals surface area (Å²) in [5, 5.41) is 13.5. The van der Waals surface area contributed by atoms with E-state index in [2.05, 4.69) is 16.4 Å². The van der Waals surface area contributed by atoms with Crippen molar-refractivity contribution < 1.29 is 4.79 Å². The third-order valence-corrected chi connectivity index (χ3v) is 5.60. The molecule has 4 aromatic rings. The molecule has 0 fully saturated rings. The van der Waals surface area contributed by atoms with Crippen LogP contribution in [0, 0.1) is 11.3 Å². The third-order valence-electron chi connectivity index (χ3n) is 5.60. The van der Waals surface area contributed by atoms with E-state index in [1.54, 1.807) is 23.2 Å². The highest BCUT2D eigenvalue weighted by atomic mass is 16.2. The van der Waals surface area contributed by atoms with Crippen molar-refractivity contribution in [2.45, 2.75) is 13.1 Å².